The molecule has 1 amide bonds. The minimum atomic E-state index is -0.339. The molecule has 1 N–H and O–H groups in total. The maximum Gasteiger partial charge on any atom is 0.264 e. The highest BCUT2D eigenvalue weighted by molar-refractivity contribution is 7.14. The van der Waals surface area contributed by atoms with Gasteiger partial charge in [0.2, 0.25) is 0 Å². The van der Waals surface area contributed by atoms with Crippen molar-refractivity contribution in [3.8, 4) is 17.0 Å². The van der Waals surface area contributed by atoms with Crippen molar-refractivity contribution in [1.29, 1.82) is 0 Å². The van der Waals surface area contributed by atoms with Gasteiger partial charge in [-0.1, -0.05) is 23.2 Å². The highest BCUT2D eigenvalue weighted by atomic mass is 35.5. The lowest BCUT2D eigenvalue weighted by Gasteiger charge is -2.06. The van der Waals surface area contributed by atoms with E-state index in [0.717, 1.165) is 5.56 Å². The summed E-state index contributed by atoms with van der Waals surface area (Å²) < 4.78 is 5.42. The van der Waals surface area contributed by atoms with Gasteiger partial charge in [0.15, 0.2) is 17.5 Å². The second-order valence-corrected chi connectivity index (χ2v) is 7.28. The molecule has 0 aliphatic heterocycles. The Kier molecular flexibility index (Phi) is 6.11. The molecule has 1 heterocycles. The Bertz CT molecular complexity index is 987. The van der Waals surface area contributed by atoms with Crippen LogP contribution in [0.25, 0.3) is 11.3 Å². The van der Waals surface area contributed by atoms with Gasteiger partial charge in [-0.25, -0.2) is 4.98 Å². The summed E-state index contributed by atoms with van der Waals surface area (Å²) in [6, 6.07) is 11.7. The fourth-order valence-electron chi connectivity index (χ4n) is 2.24. The van der Waals surface area contributed by atoms with E-state index in [1.54, 1.807) is 47.8 Å². The van der Waals surface area contributed by atoms with E-state index in [2.05, 4.69) is 10.3 Å². The molecule has 0 spiro atoms. The molecule has 3 rings (SSSR count). The molecular formula is C19H14Cl2N2O3S. The molecule has 0 fully saturated rings. The zero-order chi connectivity index (χ0) is 19.4. The standard InChI is InChI=1S/C19H14Cl2N2O3S/c1-11(24)12-2-5-14(6-3-12)26-9-18(25)23-19-22-17(10-27-19)15-7-4-13(20)8-16(15)21/h2-8,10H,9H2,1H3,(H,22,23,25). The molecule has 0 atom stereocenters. The van der Waals surface area contributed by atoms with E-state index < -0.39 is 0 Å². The second-order valence-electron chi connectivity index (χ2n) is 5.58. The van der Waals surface area contributed by atoms with E-state index in [0.29, 0.717) is 32.2 Å². The molecule has 2 aromatic carbocycles. The van der Waals surface area contributed by atoms with Crippen molar-refractivity contribution >= 4 is 51.4 Å². The predicted molar refractivity (Wildman–Crippen MR) is 108 cm³/mol. The summed E-state index contributed by atoms with van der Waals surface area (Å²) in [4.78, 5) is 27.7. The van der Waals surface area contributed by atoms with Crippen molar-refractivity contribution in [3.63, 3.8) is 0 Å². The number of carbonyl (C=O) groups is 2. The Morgan fingerprint density at radius 1 is 1.15 bits per heavy atom. The minimum Gasteiger partial charge on any atom is -0.484 e. The first-order chi connectivity index (χ1) is 12.9. The number of halogens is 2. The van der Waals surface area contributed by atoms with Gasteiger partial charge in [-0.3, -0.25) is 14.9 Å². The molecule has 0 aliphatic rings. The number of carbonyl (C=O) groups excluding carboxylic acids is 2. The summed E-state index contributed by atoms with van der Waals surface area (Å²) in [6.07, 6.45) is 0. The second kappa shape index (κ2) is 8.52. The molecule has 0 saturated carbocycles. The van der Waals surface area contributed by atoms with Gasteiger partial charge >= 0.3 is 0 Å². The smallest absolute Gasteiger partial charge is 0.264 e. The number of ketones is 1. The molecule has 0 radical (unpaired) electrons. The number of nitrogens with zero attached hydrogens (tertiary/aromatic N) is 1. The molecule has 138 valence electrons. The van der Waals surface area contributed by atoms with E-state index in [4.69, 9.17) is 27.9 Å². The van der Waals surface area contributed by atoms with Crippen LogP contribution >= 0.6 is 34.5 Å². The Balaban J connectivity index is 1.58. The summed E-state index contributed by atoms with van der Waals surface area (Å²) in [6.45, 7) is 1.32. The van der Waals surface area contributed by atoms with Crippen LogP contribution in [-0.4, -0.2) is 23.3 Å². The van der Waals surface area contributed by atoms with Crippen LogP contribution in [-0.2, 0) is 4.79 Å². The third kappa shape index (κ3) is 5.07. The van der Waals surface area contributed by atoms with Crippen molar-refractivity contribution in [2.45, 2.75) is 6.92 Å². The molecule has 5 nitrogen and oxygen atoms in total. The number of anilines is 1. The molecular weight excluding hydrogens is 407 g/mol. The molecule has 3 aromatic rings. The predicted octanol–water partition coefficient (Wildman–Crippen LogP) is 5.34. The molecule has 0 bridgehead atoms. The maximum absolute atomic E-state index is 12.1. The van der Waals surface area contributed by atoms with E-state index in [9.17, 15) is 9.59 Å². The van der Waals surface area contributed by atoms with Crippen molar-refractivity contribution in [1.82, 2.24) is 4.98 Å². The van der Waals surface area contributed by atoms with Crippen molar-refractivity contribution in [2.75, 3.05) is 11.9 Å². The molecule has 0 unspecified atom stereocenters. The van der Waals surface area contributed by atoms with Crippen LogP contribution in [0.2, 0.25) is 10.0 Å². The molecule has 0 aliphatic carbocycles. The highest BCUT2D eigenvalue weighted by Gasteiger charge is 2.11. The zero-order valence-electron chi connectivity index (χ0n) is 14.2. The number of amides is 1. The Morgan fingerprint density at radius 3 is 2.56 bits per heavy atom. The van der Waals surface area contributed by atoms with Crippen LogP contribution < -0.4 is 10.1 Å². The lowest BCUT2D eigenvalue weighted by atomic mass is 10.1. The first-order valence-corrected chi connectivity index (χ1v) is 9.50. The van der Waals surface area contributed by atoms with Gasteiger partial charge in [0, 0.05) is 21.5 Å². The first-order valence-electron chi connectivity index (χ1n) is 7.87. The number of Topliss-reactive ketones (excluding diaryl/α,β-unsaturated/α-hetero) is 1. The first kappa shape index (κ1) is 19.4. The minimum absolute atomic E-state index is 0.0281. The summed E-state index contributed by atoms with van der Waals surface area (Å²) in [5, 5.41) is 5.95. The topological polar surface area (TPSA) is 68.3 Å². The Morgan fingerprint density at radius 2 is 1.89 bits per heavy atom. The van der Waals surface area contributed by atoms with Gasteiger partial charge in [0.05, 0.1) is 10.7 Å². The van der Waals surface area contributed by atoms with Crippen LogP contribution in [0.4, 0.5) is 5.13 Å². The number of ether oxygens (including phenoxy) is 1. The molecule has 27 heavy (non-hydrogen) atoms. The van der Waals surface area contributed by atoms with Crippen molar-refractivity contribution in [3.05, 3.63) is 63.5 Å². The SMILES string of the molecule is CC(=O)c1ccc(OCC(=O)Nc2nc(-c3ccc(Cl)cc3Cl)cs2)cc1. The maximum atomic E-state index is 12.1. The van der Waals surface area contributed by atoms with Gasteiger partial charge in [-0.05, 0) is 49.4 Å². The van der Waals surface area contributed by atoms with Crippen LogP contribution in [0, 0.1) is 0 Å². The largest absolute Gasteiger partial charge is 0.484 e. The zero-order valence-corrected chi connectivity index (χ0v) is 16.5. The van der Waals surface area contributed by atoms with E-state index in [1.165, 1.54) is 18.3 Å². The third-order valence-corrected chi connectivity index (χ3v) is 4.89. The number of hydrogen-bond acceptors (Lipinski definition) is 5. The van der Waals surface area contributed by atoms with Gasteiger partial charge < -0.3 is 4.74 Å². The lowest BCUT2D eigenvalue weighted by Crippen LogP contribution is -2.20. The third-order valence-electron chi connectivity index (χ3n) is 3.59. The number of rotatable bonds is 6. The average Bonchev–Trinajstić information content (AvgIpc) is 3.08. The van der Waals surface area contributed by atoms with E-state index >= 15 is 0 Å². The van der Waals surface area contributed by atoms with Crippen LogP contribution in [0.1, 0.15) is 17.3 Å². The van der Waals surface area contributed by atoms with Gasteiger partial charge in [0.25, 0.3) is 5.91 Å². The summed E-state index contributed by atoms with van der Waals surface area (Å²) >= 11 is 13.4. The fraction of sp³-hybridized carbons (Fsp3) is 0.105. The molecule has 8 heteroatoms. The monoisotopic (exact) mass is 420 g/mol. The molecule has 1 aromatic heterocycles. The van der Waals surface area contributed by atoms with Crippen molar-refractivity contribution in [2.24, 2.45) is 0 Å². The number of aromatic nitrogens is 1. The van der Waals surface area contributed by atoms with Gasteiger partial charge in [-0.2, -0.15) is 0 Å². The average molecular weight is 421 g/mol. The van der Waals surface area contributed by atoms with E-state index in [-0.39, 0.29) is 18.3 Å². The summed E-state index contributed by atoms with van der Waals surface area (Å²) in [5.41, 5.74) is 1.97. The number of thiazole rings is 1. The van der Waals surface area contributed by atoms with E-state index in [1.807, 2.05) is 0 Å². The Labute approximate surface area is 169 Å². The van der Waals surface area contributed by atoms with Crippen molar-refractivity contribution < 1.29 is 14.3 Å². The normalized spacial score (nSPS) is 10.5. The molecule has 0 saturated heterocycles. The number of hydrogen-bond donors (Lipinski definition) is 1. The summed E-state index contributed by atoms with van der Waals surface area (Å²) in [5.74, 6) is 0.135. The number of nitrogens with one attached hydrogen (secondary N) is 1. The van der Waals surface area contributed by atoms with Gasteiger partial charge in [0.1, 0.15) is 5.75 Å². The van der Waals surface area contributed by atoms with Crippen LogP contribution in [0.5, 0.6) is 5.75 Å². The number of benzene rings is 2. The highest BCUT2D eigenvalue weighted by Crippen LogP contribution is 2.32. The van der Waals surface area contributed by atoms with Gasteiger partial charge in [-0.15, -0.1) is 11.3 Å². The fourth-order valence-corrected chi connectivity index (χ4v) is 3.47. The Hall–Kier alpha value is -2.41. The van der Waals surface area contributed by atoms with Crippen LogP contribution in [0.3, 0.4) is 0 Å². The van der Waals surface area contributed by atoms with Crippen LogP contribution in [0.15, 0.2) is 47.8 Å². The quantitative estimate of drug-likeness (QED) is 0.546. The summed E-state index contributed by atoms with van der Waals surface area (Å²) in [7, 11) is 0. The lowest BCUT2D eigenvalue weighted by molar-refractivity contribution is -0.118.